The summed E-state index contributed by atoms with van der Waals surface area (Å²) in [7, 11) is 0. The van der Waals surface area contributed by atoms with Crippen LogP contribution in [-0.2, 0) is 0 Å². The Morgan fingerprint density at radius 1 is 0.298 bits per heavy atom. The zero-order chi connectivity index (χ0) is 30.9. The van der Waals surface area contributed by atoms with Crippen molar-refractivity contribution in [2.45, 2.75) is 0 Å². The minimum absolute atomic E-state index is 1.23. The molecule has 0 N–H and O–H groups in total. The highest BCUT2D eigenvalue weighted by Gasteiger charge is 2.18. The normalized spacial score (nSPS) is 11.8. The maximum Gasteiger partial charge on any atom is 0.0433 e. The first-order chi connectivity index (χ1) is 23.3. The van der Waals surface area contributed by atoms with E-state index >= 15 is 0 Å². The van der Waals surface area contributed by atoms with E-state index in [-0.39, 0.29) is 0 Å². The molecule has 0 atom stereocenters. The Kier molecular flexibility index (Phi) is 5.85. The Morgan fingerprint density at radius 3 is 1.60 bits per heavy atom. The van der Waals surface area contributed by atoms with Gasteiger partial charge < -0.3 is 0 Å². The predicted molar refractivity (Wildman–Crippen MR) is 206 cm³/mol. The topological polar surface area (TPSA) is 0 Å². The van der Waals surface area contributed by atoms with Gasteiger partial charge in [-0.1, -0.05) is 152 Å². The van der Waals surface area contributed by atoms with E-state index in [9.17, 15) is 0 Å². The molecule has 0 aliphatic rings. The smallest absolute Gasteiger partial charge is 0.0433 e. The minimum Gasteiger partial charge on any atom is -0.135 e. The van der Waals surface area contributed by atoms with Crippen LogP contribution in [0.15, 0.2) is 170 Å². The third-order valence-electron chi connectivity index (χ3n) is 9.84. The summed E-state index contributed by atoms with van der Waals surface area (Å²) in [5.74, 6) is 0. The highest BCUT2D eigenvalue weighted by Crippen LogP contribution is 2.46. The van der Waals surface area contributed by atoms with Crippen LogP contribution in [0.5, 0.6) is 0 Å². The Hall–Kier alpha value is -5.76. The fourth-order valence-corrected chi connectivity index (χ4v) is 8.93. The largest absolute Gasteiger partial charge is 0.135 e. The van der Waals surface area contributed by atoms with Gasteiger partial charge in [-0.05, 0) is 94.7 Å². The molecule has 47 heavy (non-hydrogen) atoms. The minimum atomic E-state index is 1.23. The fraction of sp³-hybridized carbons (Fsp3) is 0. The van der Waals surface area contributed by atoms with Gasteiger partial charge in [-0.25, -0.2) is 0 Å². The molecule has 0 amide bonds. The lowest BCUT2D eigenvalue weighted by Gasteiger charge is -2.19. The third kappa shape index (κ3) is 4.07. The lowest BCUT2D eigenvalue weighted by Crippen LogP contribution is -1.92. The molecule has 0 unspecified atom stereocenters. The van der Waals surface area contributed by atoms with Gasteiger partial charge in [0, 0.05) is 20.2 Å². The molecule has 0 nitrogen and oxygen atoms in total. The number of benzene rings is 9. The molecular weight excluding hydrogens is 585 g/mol. The standard InChI is InChI=1S/C46H28S/c1-3-16-34-29(11-1)13-10-22-36(34)45-39-20-7-5-18-37(39)44(38-19-6-8-21-40(38)45)33-15-9-14-31(27-33)32-24-26-43-42(28-32)41-25-23-30-12-2-4-17-35(30)46(41)47-43/h1-28H. The third-order valence-corrected chi connectivity index (χ3v) is 11.1. The number of hydrogen-bond donors (Lipinski definition) is 0. The van der Waals surface area contributed by atoms with E-state index in [0.717, 1.165) is 0 Å². The van der Waals surface area contributed by atoms with Crippen LogP contribution in [0.1, 0.15) is 0 Å². The van der Waals surface area contributed by atoms with Crippen LogP contribution >= 0.6 is 11.3 Å². The molecule has 0 bridgehead atoms. The summed E-state index contributed by atoms with van der Waals surface area (Å²) in [5, 5.41) is 12.9. The molecule has 0 radical (unpaired) electrons. The zero-order valence-corrected chi connectivity index (χ0v) is 26.4. The lowest BCUT2D eigenvalue weighted by molar-refractivity contribution is 1.63. The Balaban J connectivity index is 1.20. The lowest BCUT2D eigenvalue weighted by atomic mass is 9.84. The molecule has 1 aromatic heterocycles. The summed E-state index contributed by atoms with van der Waals surface area (Å²) in [6.07, 6.45) is 0. The Morgan fingerprint density at radius 2 is 0.851 bits per heavy atom. The van der Waals surface area contributed by atoms with Gasteiger partial charge in [-0.15, -0.1) is 11.3 Å². The van der Waals surface area contributed by atoms with Crippen LogP contribution in [0.25, 0.3) is 96.6 Å². The van der Waals surface area contributed by atoms with Crippen LogP contribution in [0.3, 0.4) is 0 Å². The quantitative estimate of drug-likeness (QED) is 0.174. The van der Waals surface area contributed by atoms with Crippen molar-refractivity contribution in [1.29, 1.82) is 0 Å². The summed E-state index contributed by atoms with van der Waals surface area (Å²) in [6, 6.07) is 62.7. The average Bonchev–Trinajstić information content (AvgIpc) is 3.52. The molecule has 9 aromatic carbocycles. The molecule has 0 fully saturated rings. The van der Waals surface area contributed by atoms with Gasteiger partial charge in [0.15, 0.2) is 0 Å². The van der Waals surface area contributed by atoms with Crippen molar-refractivity contribution in [2.24, 2.45) is 0 Å². The molecule has 1 heterocycles. The van der Waals surface area contributed by atoms with Crippen LogP contribution < -0.4 is 0 Å². The van der Waals surface area contributed by atoms with Crippen molar-refractivity contribution in [1.82, 2.24) is 0 Å². The van der Waals surface area contributed by atoms with E-state index in [1.165, 1.54) is 96.6 Å². The van der Waals surface area contributed by atoms with E-state index < -0.39 is 0 Å². The summed E-state index contributed by atoms with van der Waals surface area (Å²) in [4.78, 5) is 0. The van der Waals surface area contributed by atoms with Gasteiger partial charge in [-0.2, -0.15) is 0 Å². The fourth-order valence-electron chi connectivity index (χ4n) is 7.71. The van der Waals surface area contributed by atoms with Crippen molar-refractivity contribution >= 4 is 74.6 Å². The number of rotatable bonds is 3. The first kappa shape index (κ1) is 26.5. The summed E-state index contributed by atoms with van der Waals surface area (Å²) < 4.78 is 2.70. The monoisotopic (exact) mass is 612 g/mol. The molecule has 10 rings (SSSR count). The maximum atomic E-state index is 2.39. The van der Waals surface area contributed by atoms with Crippen LogP contribution in [0.2, 0.25) is 0 Å². The van der Waals surface area contributed by atoms with Gasteiger partial charge in [-0.3, -0.25) is 0 Å². The van der Waals surface area contributed by atoms with E-state index in [1.807, 2.05) is 11.3 Å². The van der Waals surface area contributed by atoms with Crippen molar-refractivity contribution in [3.05, 3.63) is 170 Å². The number of hydrogen-bond acceptors (Lipinski definition) is 1. The molecule has 0 aliphatic heterocycles. The molecule has 218 valence electrons. The second-order valence-corrected chi connectivity index (χ2v) is 13.5. The molecule has 0 saturated heterocycles. The van der Waals surface area contributed by atoms with Gasteiger partial charge in [0.2, 0.25) is 0 Å². The van der Waals surface area contributed by atoms with Gasteiger partial charge in [0.05, 0.1) is 0 Å². The molecule has 0 aliphatic carbocycles. The van der Waals surface area contributed by atoms with Gasteiger partial charge in [0.25, 0.3) is 0 Å². The average molecular weight is 613 g/mol. The Labute approximate surface area is 276 Å². The first-order valence-electron chi connectivity index (χ1n) is 16.2. The molecule has 0 spiro atoms. The summed E-state index contributed by atoms with van der Waals surface area (Å²) in [6.45, 7) is 0. The molecular formula is C46H28S. The number of thiophene rings is 1. The van der Waals surface area contributed by atoms with Crippen LogP contribution in [0.4, 0.5) is 0 Å². The van der Waals surface area contributed by atoms with Gasteiger partial charge >= 0.3 is 0 Å². The second-order valence-electron chi connectivity index (χ2n) is 12.4. The zero-order valence-electron chi connectivity index (χ0n) is 25.6. The van der Waals surface area contributed by atoms with Crippen molar-refractivity contribution in [3.63, 3.8) is 0 Å². The van der Waals surface area contributed by atoms with E-state index in [1.54, 1.807) is 0 Å². The second kappa shape index (κ2) is 10.4. The maximum absolute atomic E-state index is 2.39. The summed E-state index contributed by atoms with van der Waals surface area (Å²) >= 11 is 1.90. The number of fused-ring (bicyclic) bond motifs is 8. The van der Waals surface area contributed by atoms with E-state index in [2.05, 4.69) is 170 Å². The predicted octanol–water partition coefficient (Wildman–Crippen LogP) is 13.7. The van der Waals surface area contributed by atoms with Crippen molar-refractivity contribution in [2.75, 3.05) is 0 Å². The van der Waals surface area contributed by atoms with Crippen molar-refractivity contribution in [3.8, 4) is 33.4 Å². The Bertz CT molecular complexity index is 2790. The summed E-state index contributed by atoms with van der Waals surface area (Å²) in [5.41, 5.74) is 7.58. The highest BCUT2D eigenvalue weighted by atomic mass is 32.1. The molecule has 1 heteroatoms. The van der Waals surface area contributed by atoms with Crippen LogP contribution in [0, 0.1) is 0 Å². The van der Waals surface area contributed by atoms with E-state index in [4.69, 9.17) is 0 Å². The van der Waals surface area contributed by atoms with Crippen molar-refractivity contribution < 1.29 is 0 Å². The van der Waals surface area contributed by atoms with Gasteiger partial charge in [0.1, 0.15) is 0 Å². The molecule has 0 saturated carbocycles. The van der Waals surface area contributed by atoms with Crippen LogP contribution in [-0.4, -0.2) is 0 Å². The SMILES string of the molecule is c1cc(-c2ccc3sc4c5ccccc5ccc4c3c2)cc(-c2c3ccccc3c(-c3cccc4ccccc34)c3ccccc23)c1. The highest BCUT2D eigenvalue weighted by molar-refractivity contribution is 7.26. The van der Waals surface area contributed by atoms with E-state index in [0.29, 0.717) is 0 Å². The first-order valence-corrected chi connectivity index (χ1v) is 17.0. The molecule has 10 aromatic rings.